The van der Waals surface area contributed by atoms with Crippen molar-refractivity contribution in [3.8, 4) is 22.5 Å². The van der Waals surface area contributed by atoms with Crippen molar-refractivity contribution in [1.29, 1.82) is 0 Å². The number of aromatic nitrogens is 3. The molecule has 0 atom stereocenters. The highest BCUT2D eigenvalue weighted by Gasteiger charge is 2.16. The van der Waals surface area contributed by atoms with E-state index in [0.29, 0.717) is 21.7 Å². The summed E-state index contributed by atoms with van der Waals surface area (Å²) in [5.41, 5.74) is 3.44. The second kappa shape index (κ2) is 5.80. The van der Waals surface area contributed by atoms with Crippen molar-refractivity contribution in [3.05, 3.63) is 64.7 Å². The Hall–Kier alpha value is -1.97. The van der Waals surface area contributed by atoms with Crippen LogP contribution in [0.2, 0.25) is 10.3 Å². The molecule has 21 heavy (non-hydrogen) atoms. The number of halogens is 2. The summed E-state index contributed by atoms with van der Waals surface area (Å²) < 4.78 is 0. The van der Waals surface area contributed by atoms with Crippen molar-refractivity contribution in [3.63, 3.8) is 0 Å². The van der Waals surface area contributed by atoms with Gasteiger partial charge in [0.15, 0.2) is 5.82 Å². The average Bonchev–Trinajstić information content (AvgIpc) is 2.49. The first-order valence-electron chi connectivity index (χ1n) is 6.36. The van der Waals surface area contributed by atoms with Crippen LogP contribution in [0.15, 0.2) is 48.8 Å². The van der Waals surface area contributed by atoms with E-state index in [1.807, 2.05) is 43.3 Å². The second-order valence-corrected chi connectivity index (χ2v) is 5.28. The molecule has 0 unspecified atom stereocenters. The summed E-state index contributed by atoms with van der Waals surface area (Å²) in [5.74, 6) is 0.468. The van der Waals surface area contributed by atoms with Crippen molar-refractivity contribution in [2.75, 3.05) is 0 Å². The van der Waals surface area contributed by atoms with Gasteiger partial charge in [-0.3, -0.25) is 4.98 Å². The fourth-order valence-corrected chi connectivity index (χ4v) is 2.70. The topological polar surface area (TPSA) is 38.7 Å². The lowest BCUT2D eigenvalue weighted by Gasteiger charge is -2.10. The first-order valence-corrected chi connectivity index (χ1v) is 7.12. The van der Waals surface area contributed by atoms with Crippen LogP contribution in [0.3, 0.4) is 0 Å². The molecule has 3 nitrogen and oxygen atoms in total. The van der Waals surface area contributed by atoms with Gasteiger partial charge in [0, 0.05) is 18.0 Å². The first kappa shape index (κ1) is 14.0. The van der Waals surface area contributed by atoms with Crippen LogP contribution in [0.5, 0.6) is 0 Å². The van der Waals surface area contributed by atoms with Crippen molar-refractivity contribution in [2.45, 2.75) is 6.92 Å². The normalized spacial score (nSPS) is 10.6. The van der Waals surface area contributed by atoms with Gasteiger partial charge in [0.25, 0.3) is 0 Å². The molecular formula is C16H11Cl2N3. The highest BCUT2D eigenvalue weighted by Crippen LogP contribution is 2.35. The largest absolute Gasteiger partial charge is 0.264 e. The van der Waals surface area contributed by atoms with E-state index in [-0.39, 0.29) is 0 Å². The molecular weight excluding hydrogens is 305 g/mol. The molecule has 0 aliphatic heterocycles. The number of pyridine rings is 1. The molecule has 104 valence electrons. The highest BCUT2D eigenvalue weighted by atomic mass is 35.5. The predicted octanol–water partition coefficient (Wildman–Crippen LogP) is 4.82. The molecule has 0 amide bonds. The van der Waals surface area contributed by atoms with Gasteiger partial charge in [0.05, 0.1) is 5.56 Å². The summed E-state index contributed by atoms with van der Waals surface area (Å²) in [7, 11) is 0. The van der Waals surface area contributed by atoms with Crippen LogP contribution in [-0.2, 0) is 0 Å². The van der Waals surface area contributed by atoms with Crippen LogP contribution in [-0.4, -0.2) is 15.0 Å². The van der Waals surface area contributed by atoms with Gasteiger partial charge in [0.1, 0.15) is 10.3 Å². The van der Waals surface area contributed by atoms with E-state index >= 15 is 0 Å². The van der Waals surface area contributed by atoms with E-state index in [9.17, 15) is 0 Å². The zero-order chi connectivity index (χ0) is 14.8. The first-order chi connectivity index (χ1) is 10.2. The van der Waals surface area contributed by atoms with Gasteiger partial charge in [-0.05, 0) is 30.2 Å². The molecule has 3 rings (SSSR count). The van der Waals surface area contributed by atoms with Crippen LogP contribution in [0, 0.1) is 6.92 Å². The quantitative estimate of drug-likeness (QED) is 0.636. The maximum atomic E-state index is 6.34. The van der Waals surface area contributed by atoms with Gasteiger partial charge in [-0.1, -0.05) is 47.5 Å². The molecule has 3 aromatic rings. The molecule has 2 aromatic heterocycles. The Bertz CT molecular complexity index is 766. The summed E-state index contributed by atoms with van der Waals surface area (Å²) in [4.78, 5) is 12.8. The molecule has 0 radical (unpaired) electrons. The van der Waals surface area contributed by atoms with E-state index < -0.39 is 0 Å². The van der Waals surface area contributed by atoms with Gasteiger partial charge in [-0.25, -0.2) is 9.97 Å². The SMILES string of the molecule is Cc1ccccc1-c1c(Cl)nc(-c2cccnc2)nc1Cl. The van der Waals surface area contributed by atoms with Gasteiger partial charge in [0.2, 0.25) is 0 Å². The highest BCUT2D eigenvalue weighted by molar-refractivity contribution is 6.38. The number of hydrogen-bond acceptors (Lipinski definition) is 3. The van der Waals surface area contributed by atoms with E-state index in [4.69, 9.17) is 23.2 Å². The van der Waals surface area contributed by atoms with Gasteiger partial charge < -0.3 is 0 Å². The Labute approximate surface area is 132 Å². The molecule has 1 aromatic carbocycles. The third kappa shape index (κ3) is 2.75. The van der Waals surface area contributed by atoms with Crippen LogP contribution in [0.4, 0.5) is 0 Å². The Morgan fingerprint density at radius 1 is 0.905 bits per heavy atom. The van der Waals surface area contributed by atoms with Gasteiger partial charge >= 0.3 is 0 Å². The minimum absolute atomic E-state index is 0.336. The lowest BCUT2D eigenvalue weighted by Crippen LogP contribution is -1.96. The summed E-state index contributed by atoms with van der Waals surface area (Å²) in [5, 5.41) is 0.673. The van der Waals surface area contributed by atoms with Gasteiger partial charge in [-0.2, -0.15) is 0 Å². The fourth-order valence-electron chi connectivity index (χ4n) is 2.11. The van der Waals surface area contributed by atoms with E-state index in [0.717, 1.165) is 16.7 Å². The Kier molecular flexibility index (Phi) is 3.86. The molecule has 0 saturated heterocycles. The third-order valence-electron chi connectivity index (χ3n) is 3.15. The number of nitrogens with zero attached hydrogens (tertiary/aromatic N) is 3. The molecule has 5 heteroatoms. The molecule has 0 spiro atoms. The zero-order valence-electron chi connectivity index (χ0n) is 11.2. The molecule has 2 heterocycles. The monoisotopic (exact) mass is 315 g/mol. The Morgan fingerprint density at radius 2 is 1.62 bits per heavy atom. The smallest absolute Gasteiger partial charge is 0.164 e. The number of rotatable bonds is 2. The minimum atomic E-state index is 0.336. The summed E-state index contributed by atoms with van der Waals surface area (Å²) in [6, 6.07) is 11.5. The van der Waals surface area contributed by atoms with Crippen LogP contribution < -0.4 is 0 Å². The van der Waals surface area contributed by atoms with Crippen molar-refractivity contribution >= 4 is 23.2 Å². The van der Waals surface area contributed by atoms with Crippen molar-refractivity contribution in [1.82, 2.24) is 15.0 Å². The Balaban J connectivity index is 2.16. The fraction of sp³-hybridized carbons (Fsp3) is 0.0625. The van der Waals surface area contributed by atoms with Crippen molar-refractivity contribution in [2.24, 2.45) is 0 Å². The molecule has 0 saturated carbocycles. The maximum absolute atomic E-state index is 6.34. The summed E-state index contributed by atoms with van der Waals surface area (Å²) in [6.07, 6.45) is 3.36. The number of aryl methyl sites for hydroxylation is 1. The zero-order valence-corrected chi connectivity index (χ0v) is 12.7. The third-order valence-corrected chi connectivity index (χ3v) is 3.70. The molecule has 0 aliphatic rings. The lowest BCUT2D eigenvalue weighted by molar-refractivity contribution is 1.16. The molecule has 0 aliphatic carbocycles. The molecule has 0 fully saturated rings. The molecule has 0 N–H and O–H groups in total. The minimum Gasteiger partial charge on any atom is -0.264 e. The van der Waals surface area contributed by atoms with Crippen LogP contribution >= 0.6 is 23.2 Å². The summed E-state index contributed by atoms with van der Waals surface area (Å²) >= 11 is 12.7. The standard InChI is InChI=1S/C16H11Cl2N3/c1-10-5-2-3-7-12(10)13-14(17)20-16(21-15(13)18)11-6-4-8-19-9-11/h2-9H,1H3. The van der Waals surface area contributed by atoms with E-state index in [2.05, 4.69) is 15.0 Å². The summed E-state index contributed by atoms with van der Waals surface area (Å²) in [6.45, 7) is 2.00. The van der Waals surface area contributed by atoms with Gasteiger partial charge in [-0.15, -0.1) is 0 Å². The predicted molar refractivity (Wildman–Crippen MR) is 85.5 cm³/mol. The van der Waals surface area contributed by atoms with Crippen LogP contribution in [0.25, 0.3) is 22.5 Å². The maximum Gasteiger partial charge on any atom is 0.164 e. The second-order valence-electron chi connectivity index (χ2n) is 4.56. The molecule has 0 bridgehead atoms. The number of benzene rings is 1. The lowest BCUT2D eigenvalue weighted by atomic mass is 10.0. The van der Waals surface area contributed by atoms with Crippen LogP contribution in [0.1, 0.15) is 5.56 Å². The van der Waals surface area contributed by atoms with E-state index in [1.165, 1.54) is 0 Å². The average molecular weight is 316 g/mol. The number of hydrogen-bond donors (Lipinski definition) is 0. The van der Waals surface area contributed by atoms with E-state index in [1.54, 1.807) is 12.4 Å². The van der Waals surface area contributed by atoms with Crippen molar-refractivity contribution < 1.29 is 0 Å². The Morgan fingerprint density at radius 3 is 2.24 bits per heavy atom.